The van der Waals surface area contributed by atoms with E-state index in [1.54, 1.807) is 52.0 Å². The minimum Gasteiger partial charge on any atom is -0.495 e. The van der Waals surface area contributed by atoms with Gasteiger partial charge in [0.05, 0.1) is 43.0 Å². The van der Waals surface area contributed by atoms with Crippen LogP contribution in [0.5, 0.6) is 5.75 Å². The van der Waals surface area contributed by atoms with Gasteiger partial charge in [0.25, 0.3) is 5.91 Å². The van der Waals surface area contributed by atoms with Crippen LogP contribution < -0.4 is 42.0 Å². The number of methoxy groups -OCH3 is 2. The van der Waals surface area contributed by atoms with E-state index in [0.717, 1.165) is 28.6 Å². The molecular weight excluding hydrogens is 1310 g/mol. The molecule has 3 aliphatic heterocycles. The van der Waals surface area contributed by atoms with E-state index in [4.69, 9.17) is 45.8 Å². The molecule has 4 bridgehead atoms. The van der Waals surface area contributed by atoms with Crippen LogP contribution in [0.2, 0.25) is 5.02 Å². The van der Waals surface area contributed by atoms with Gasteiger partial charge in [-0.25, -0.2) is 14.4 Å². The van der Waals surface area contributed by atoms with Crippen LogP contribution >= 0.6 is 43.5 Å². The number of urea groups is 1. The maximum absolute atomic E-state index is 14.5. The quantitative estimate of drug-likeness (QED) is 0.0163. The molecule has 2 saturated heterocycles. The molecule has 8 N–H and O–H groups in total. The van der Waals surface area contributed by atoms with Gasteiger partial charge in [-0.1, -0.05) is 88.0 Å². The monoisotopic (exact) mass is 1390 g/mol. The molecular formula is C62H87Br2ClN8O16. The highest BCUT2D eigenvalue weighted by Gasteiger charge is 2.64. The maximum Gasteiger partial charge on any atom is 0.409 e. The average Bonchev–Trinajstić information content (AvgIpc) is 1.60. The number of allylic oxidation sites excluding steroid dienone is 3. The molecule has 0 aliphatic carbocycles. The minimum absolute atomic E-state index is 0.0619. The highest BCUT2D eigenvalue weighted by molar-refractivity contribution is 9.10. The molecule has 0 radical (unpaired) electrons. The third-order valence-electron chi connectivity index (χ3n) is 16.4. The standard InChI is InChI=1S/C62H87Br2ClN8O16/c1-35(2)51(68-42(31-74)17-14-24-59(6,7)89-61(32-63,33-64)34-75)54(78)70-43(18-15-25-67-57(66)81)53(77)69-41-22-20-40(21-23-41)55(79)72(9)38(5)56(80)87-48-29-49(76)73(10)44-27-39(28-45(84-11)50(44)65)26-36(3)16-13-19-47(85-12)62(83)30-46(86-58(82)71-62)37(4)52-60(48,8)88-52/h13,16,19-23,27-28,31,34-35,37-38,42-43,46-48,51-52,68,83H,14-15,17-18,24-26,29-30,32-33H2,1-12H3,(H,69,77)(H,70,78)(H,71,82)(H3,66,67,81)/b19-13+,36-16+/t37-,38+,42?,43+,46+,47-,48+,51+,52+,60+,62+/m1/s1. The Morgan fingerprint density at radius 1 is 1.03 bits per heavy atom. The smallest absolute Gasteiger partial charge is 0.409 e. The van der Waals surface area contributed by atoms with Crippen LogP contribution in [-0.4, -0.2) is 181 Å². The Labute approximate surface area is 542 Å². The van der Waals surface area contributed by atoms with Gasteiger partial charge in [-0.2, -0.15) is 0 Å². The number of alkyl halides is 2. The Balaban J connectivity index is 1.32. The number of alkyl carbamates (subject to hydrolysis) is 1. The first kappa shape index (κ1) is 73.7. The molecule has 492 valence electrons. The largest absolute Gasteiger partial charge is 0.495 e. The van der Waals surface area contributed by atoms with E-state index in [2.05, 4.69) is 58.4 Å². The number of aliphatic hydroxyl groups is 1. The fourth-order valence-electron chi connectivity index (χ4n) is 10.9. The van der Waals surface area contributed by atoms with Crippen LogP contribution in [0, 0.1) is 11.8 Å². The average molecular weight is 1400 g/mol. The third-order valence-corrected chi connectivity index (χ3v) is 18.7. The van der Waals surface area contributed by atoms with E-state index >= 15 is 0 Å². The number of halogens is 3. The second-order valence-corrected chi connectivity index (χ2v) is 25.7. The van der Waals surface area contributed by atoms with Crippen LogP contribution in [0.3, 0.4) is 0 Å². The molecule has 0 aromatic heterocycles. The number of nitrogens with one attached hydrogen (secondary N) is 5. The fraction of sp³-hybridized carbons (Fsp3) is 0.597. The van der Waals surface area contributed by atoms with Gasteiger partial charge in [0.15, 0.2) is 12.0 Å². The number of nitrogens with zero attached hydrogens (tertiary/aromatic N) is 2. The van der Waals surface area contributed by atoms with Gasteiger partial charge in [0, 0.05) is 62.0 Å². The van der Waals surface area contributed by atoms with Crippen molar-refractivity contribution in [3.8, 4) is 5.75 Å². The van der Waals surface area contributed by atoms with Crippen molar-refractivity contribution in [1.82, 2.24) is 26.2 Å². The highest BCUT2D eigenvalue weighted by atomic mass is 79.9. The van der Waals surface area contributed by atoms with Gasteiger partial charge < -0.3 is 74.6 Å². The highest BCUT2D eigenvalue weighted by Crippen LogP contribution is 2.49. The number of aldehydes is 2. The number of hydrogen-bond donors (Lipinski definition) is 7. The zero-order chi connectivity index (χ0) is 66.3. The second kappa shape index (κ2) is 32.3. The number of fused-ring (bicyclic) bond motifs is 5. The number of carbonyl (C=O) groups excluding carboxylic acids is 9. The maximum atomic E-state index is 14.5. The Morgan fingerprint density at radius 3 is 2.30 bits per heavy atom. The number of esters is 1. The zero-order valence-corrected chi connectivity index (χ0v) is 56.5. The van der Waals surface area contributed by atoms with Crippen molar-refractivity contribution in [2.75, 3.05) is 55.7 Å². The lowest BCUT2D eigenvalue weighted by Crippen LogP contribution is -2.63. The lowest BCUT2D eigenvalue weighted by atomic mass is 9.83. The van der Waals surface area contributed by atoms with Gasteiger partial charge in [0.1, 0.15) is 58.7 Å². The summed E-state index contributed by atoms with van der Waals surface area (Å²) in [4.78, 5) is 122. The molecule has 89 heavy (non-hydrogen) atoms. The Morgan fingerprint density at radius 2 is 1.71 bits per heavy atom. The van der Waals surface area contributed by atoms with E-state index in [-0.39, 0.29) is 58.7 Å². The van der Waals surface area contributed by atoms with Crippen LogP contribution in [0.1, 0.15) is 116 Å². The summed E-state index contributed by atoms with van der Waals surface area (Å²) in [6, 6.07) is 4.47. The molecule has 24 nitrogen and oxygen atoms in total. The molecule has 2 fully saturated rings. The van der Waals surface area contributed by atoms with Crippen LogP contribution in [-0.2, 0) is 58.9 Å². The number of likely N-dealkylation sites (N-methyl/N-ethyl adjacent to an activating group) is 1. The van der Waals surface area contributed by atoms with Crippen molar-refractivity contribution in [2.45, 2.75) is 178 Å². The number of amides is 7. The van der Waals surface area contributed by atoms with E-state index < -0.39 is 125 Å². The number of primary amides is 1. The number of carbonyl (C=O) groups is 9. The fourth-order valence-corrected chi connectivity index (χ4v) is 12.6. The van der Waals surface area contributed by atoms with E-state index in [1.807, 2.05) is 26.8 Å². The van der Waals surface area contributed by atoms with Crippen LogP contribution in [0.4, 0.5) is 21.0 Å². The molecule has 1 unspecified atom stereocenters. The second-order valence-electron chi connectivity index (χ2n) is 24.2. The molecule has 3 aliphatic rings. The van der Waals surface area contributed by atoms with E-state index in [0.29, 0.717) is 37.1 Å². The van der Waals surface area contributed by atoms with Gasteiger partial charge in [-0.15, -0.1) is 0 Å². The summed E-state index contributed by atoms with van der Waals surface area (Å²) in [5.41, 5.74) is 2.48. The van der Waals surface area contributed by atoms with Crippen molar-refractivity contribution in [2.24, 2.45) is 17.6 Å². The van der Waals surface area contributed by atoms with Gasteiger partial charge in [-0.3, -0.25) is 29.8 Å². The Hall–Kier alpha value is -6.00. The first-order valence-corrected chi connectivity index (χ1v) is 32.1. The topological polar surface area (TPSA) is 325 Å². The predicted octanol–water partition coefficient (Wildman–Crippen LogP) is 6.57. The first-order valence-electron chi connectivity index (χ1n) is 29.4. The molecule has 27 heteroatoms. The Kier molecular flexibility index (Phi) is 26.8. The Bertz CT molecular complexity index is 2930. The number of benzene rings is 2. The zero-order valence-electron chi connectivity index (χ0n) is 52.6. The van der Waals surface area contributed by atoms with Gasteiger partial charge in [-0.05, 0) is 121 Å². The summed E-state index contributed by atoms with van der Waals surface area (Å²) in [5, 5.41) is 26.4. The normalized spacial score (nSPS) is 24.6. The summed E-state index contributed by atoms with van der Waals surface area (Å²) in [6.45, 7) is 14.1. The number of rotatable bonds is 27. The van der Waals surface area contributed by atoms with Crippen LogP contribution in [0.25, 0.3) is 0 Å². The molecule has 2 aromatic carbocycles. The first-order chi connectivity index (χ1) is 41.8. The van der Waals surface area contributed by atoms with Crippen molar-refractivity contribution < 1.29 is 76.7 Å². The van der Waals surface area contributed by atoms with E-state index in [1.165, 1.54) is 64.4 Å². The molecule has 2 aromatic rings. The van der Waals surface area contributed by atoms with Gasteiger partial charge >= 0.3 is 18.1 Å². The third kappa shape index (κ3) is 19.5. The summed E-state index contributed by atoms with van der Waals surface area (Å²) >= 11 is 13.6. The van der Waals surface area contributed by atoms with Crippen molar-refractivity contribution in [1.29, 1.82) is 0 Å². The predicted molar refractivity (Wildman–Crippen MR) is 341 cm³/mol. The summed E-state index contributed by atoms with van der Waals surface area (Å²) in [5.74, 6) is -3.89. The molecule has 7 amide bonds. The van der Waals surface area contributed by atoms with Gasteiger partial charge in [0.2, 0.25) is 17.7 Å². The van der Waals surface area contributed by atoms with Crippen molar-refractivity contribution in [3.63, 3.8) is 0 Å². The number of ether oxygens (including phenoxy) is 6. The summed E-state index contributed by atoms with van der Waals surface area (Å²) < 4.78 is 35.8. The number of nitrogens with two attached hydrogens (primary N) is 1. The van der Waals surface area contributed by atoms with Crippen molar-refractivity contribution >= 4 is 109 Å². The van der Waals surface area contributed by atoms with Crippen LogP contribution in [0.15, 0.2) is 60.2 Å². The molecule has 5 rings (SSSR count). The summed E-state index contributed by atoms with van der Waals surface area (Å²) in [7, 11) is 5.78. The molecule has 0 saturated carbocycles. The lowest BCUT2D eigenvalue weighted by molar-refractivity contribution is -0.158. The van der Waals surface area contributed by atoms with E-state index in [9.17, 15) is 48.3 Å². The van der Waals surface area contributed by atoms with Crippen molar-refractivity contribution in [3.05, 3.63) is 76.3 Å². The minimum atomic E-state index is -1.91. The number of epoxide rings is 1. The number of anilines is 2. The summed E-state index contributed by atoms with van der Waals surface area (Å²) in [6.07, 6.45) is 3.14. The number of hydrogen-bond acceptors (Lipinski definition) is 17. The molecule has 0 spiro atoms. The molecule has 11 atom stereocenters. The SMILES string of the molecule is COc1cc2cc(c1Cl)N(C)C(=O)C[C@H](OC(=O)[C@H](C)N(C)C(=O)c1ccc(NC(=O)[C@H](CCCNC(N)=O)NC(=O)[C@@H](NC(C=O)CCCC(C)(C)OC(C=O)(CBr)CBr)C(C)C)cc1)[C@]1(C)O[C@H]1[C@H](C)[C@@H]1C[C@@](O)(NC(=O)O1)[C@H](OC)/C=C/C=C(\C)C2. The lowest BCUT2D eigenvalue weighted by Gasteiger charge is -2.42. The molecule has 3 heterocycles.